The maximum Gasteiger partial charge on any atom is 0.292 e. The number of hydrogen-bond donors (Lipinski definition) is 2. The van der Waals surface area contributed by atoms with Crippen LogP contribution in [-0.4, -0.2) is 45.4 Å². The number of aromatic nitrogens is 1. The van der Waals surface area contributed by atoms with Gasteiger partial charge in [0.25, 0.3) is 6.23 Å². The number of aliphatic hydroxyl groups excluding tert-OH is 2. The Balaban J connectivity index is 2.30. The molecule has 0 aliphatic carbocycles. The molecule has 0 spiro atoms. The van der Waals surface area contributed by atoms with Gasteiger partial charge in [0, 0.05) is 10.2 Å². The number of nitrogens with zero attached hydrogens (tertiary/aromatic N) is 1. The largest absolute Gasteiger partial charge is 0.790 e. The topological polar surface area (TPSA) is 160 Å². The molecular formula is C12H11NO9PS2-3. The molecule has 1 aliphatic rings. The van der Waals surface area contributed by atoms with Gasteiger partial charge >= 0.3 is 0 Å². The standard InChI is InChI=1S/C12H14NO9PS2/c14-8-7(4-21-23(18,19)20)22-10(9(8)15)13-2-5(11(16)24)1-6(3-13)12(17)25/h1-3,7-10,14-15H,4H2,(H3-,16,17,18,19,20,24,25)/p-3/t7-,8-,9-,10-/m1/s1. The molecule has 2 heterocycles. The summed E-state index contributed by atoms with van der Waals surface area (Å²) in [4.78, 5) is 43.8. The molecular weight excluding hydrogens is 397 g/mol. The minimum atomic E-state index is -5.29. The predicted octanol–water partition coefficient (Wildman–Crippen LogP) is -3.19. The molecule has 0 aromatic carbocycles. The van der Waals surface area contributed by atoms with Crippen molar-refractivity contribution in [3.8, 4) is 0 Å². The van der Waals surface area contributed by atoms with Crippen molar-refractivity contribution in [3.63, 3.8) is 0 Å². The van der Waals surface area contributed by atoms with Crippen LogP contribution in [-0.2, 0) is 39.1 Å². The van der Waals surface area contributed by atoms with Crippen LogP contribution in [0.15, 0.2) is 18.5 Å². The maximum atomic E-state index is 11.4. The highest BCUT2D eigenvalue weighted by atomic mass is 32.1. The summed E-state index contributed by atoms with van der Waals surface area (Å²) in [5, 5.41) is 18.4. The third-order valence-electron chi connectivity index (χ3n) is 3.39. The Morgan fingerprint density at radius 1 is 1.20 bits per heavy atom. The molecule has 2 rings (SSSR count). The van der Waals surface area contributed by atoms with Gasteiger partial charge in [-0.15, -0.1) is 0 Å². The highest BCUT2D eigenvalue weighted by Crippen LogP contribution is 2.30. The van der Waals surface area contributed by atoms with Crippen molar-refractivity contribution in [3.05, 3.63) is 29.6 Å². The van der Waals surface area contributed by atoms with Gasteiger partial charge in [0.2, 0.25) is 0 Å². The lowest BCUT2D eigenvalue weighted by Gasteiger charge is -2.30. The lowest BCUT2D eigenvalue weighted by molar-refractivity contribution is -0.765. The molecule has 25 heavy (non-hydrogen) atoms. The van der Waals surface area contributed by atoms with Crippen molar-refractivity contribution < 1.29 is 48.0 Å². The first-order chi connectivity index (χ1) is 11.5. The first-order valence-electron chi connectivity index (χ1n) is 6.66. The minimum absolute atomic E-state index is 0.0701. The van der Waals surface area contributed by atoms with Gasteiger partial charge in [-0.2, -0.15) is 4.57 Å². The quantitative estimate of drug-likeness (QED) is 0.277. The van der Waals surface area contributed by atoms with Crippen LogP contribution in [0, 0.1) is 0 Å². The average molecular weight is 408 g/mol. The van der Waals surface area contributed by atoms with Crippen molar-refractivity contribution in [2.24, 2.45) is 0 Å². The minimum Gasteiger partial charge on any atom is -0.790 e. The summed E-state index contributed by atoms with van der Waals surface area (Å²) in [5.41, 5.74) is -0.140. The van der Waals surface area contributed by atoms with Gasteiger partial charge in [0.05, 0.1) is 25.6 Å². The summed E-state index contributed by atoms with van der Waals surface area (Å²) in [6.45, 7) is -0.813. The SMILES string of the molecule is O=C([S-])c1cc(C(=O)[S-])c[n+]([C@@H]2O[C@H](COP(=O)([O-])[O-])[C@@H](O)[C@H]2O)c1. The van der Waals surface area contributed by atoms with E-state index in [-0.39, 0.29) is 11.1 Å². The van der Waals surface area contributed by atoms with Crippen molar-refractivity contribution in [2.45, 2.75) is 24.5 Å². The number of carbonyl (C=O) groups excluding carboxylic acids is 2. The lowest BCUT2D eigenvalue weighted by atomic mass is 10.1. The van der Waals surface area contributed by atoms with E-state index in [1.54, 1.807) is 0 Å². The molecule has 0 bridgehead atoms. The third-order valence-corrected chi connectivity index (χ3v) is 4.32. The van der Waals surface area contributed by atoms with Gasteiger partial charge in [0.15, 0.2) is 18.5 Å². The Labute approximate surface area is 152 Å². The van der Waals surface area contributed by atoms with Crippen LogP contribution in [0.3, 0.4) is 0 Å². The second-order valence-electron chi connectivity index (χ2n) is 5.12. The molecule has 1 fully saturated rings. The van der Waals surface area contributed by atoms with Crippen LogP contribution in [0.25, 0.3) is 0 Å². The second kappa shape index (κ2) is 7.66. The number of rotatable bonds is 6. The first-order valence-corrected chi connectivity index (χ1v) is 8.94. The molecule has 138 valence electrons. The molecule has 13 heteroatoms. The zero-order chi connectivity index (χ0) is 18.9. The number of ether oxygens (including phenoxy) is 1. The van der Waals surface area contributed by atoms with Gasteiger partial charge in [-0.1, -0.05) is 0 Å². The summed E-state index contributed by atoms with van der Waals surface area (Å²) >= 11 is 9.03. The first kappa shape index (κ1) is 20.2. The fraction of sp³-hybridized carbons (Fsp3) is 0.417. The molecule has 2 N–H and O–H groups in total. The Kier molecular flexibility index (Phi) is 6.20. The van der Waals surface area contributed by atoms with Crippen LogP contribution >= 0.6 is 7.82 Å². The van der Waals surface area contributed by atoms with E-state index >= 15 is 0 Å². The van der Waals surface area contributed by atoms with Crippen LogP contribution < -0.4 is 14.4 Å². The van der Waals surface area contributed by atoms with Crippen molar-refractivity contribution >= 4 is 43.3 Å². The van der Waals surface area contributed by atoms with E-state index in [0.717, 1.165) is 4.57 Å². The number of pyridine rings is 1. The van der Waals surface area contributed by atoms with E-state index in [2.05, 4.69) is 29.8 Å². The number of carbonyl (C=O) groups is 2. The maximum absolute atomic E-state index is 11.4. The molecule has 0 radical (unpaired) electrons. The number of phosphoric acid groups is 1. The Bertz CT molecular complexity index is 707. The fourth-order valence-electron chi connectivity index (χ4n) is 2.25. The molecule has 0 unspecified atom stereocenters. The molecule has 1 saturated heterocycles. The van der Waals surface area contributed by atoms with Crippen LogP contribution in [0.2, 0.25) is 0 Å². The van der Waals surface area contributed by atoms with E-state index in [1.165, 1.54) is 18.5 Å². The van der Waals surface area contributed by atoms with Crippen LogP contribution in [0.4, 0.5) is 0 Å². The molecule has 1 aromatic heterocycles. The Morgan fingerprint density at radius 2 is 1.72 bits per heavy atom. The van der Waals surface area contributed by atoms with E-state index in [1.807, 2.05) is 0 Å². The number of hydrogen-bond acceptors (Lipinski definition) is 11. The molecule has 1 aromatic rings. The van der Waals surface area contributed by atoms with E-state index in [0.29, 0.717) is 0 Å². The van der Waals surface area contributed by atoms with Gasteiger partial charge in [-0.25, -0.2) is 0 Å². The molecule has 0 amide bonds. The second-order valence-corrected chi connectivity index (χ2v) is 7.02. The molecule has 4 atom stereocenters. The van der Waals surface area contributed by atoms with E-state index in [9.17, 15) is 34.2 Å². The summed E-state index contributed by atoms with van der Waals surface area (Å²) in [7, 11) is -5.29. The van der Waals surface area contributed by atoms with E-state index < -0.39 is 49.2 Å². The zero-order valence-corrected chi connectivity index (χ0v) is 14.7. The van der Waals surface area contributed by atoms with Gasteiger partial charge in [-0.05, 0) is 6.07 Å². The van der Waals surface area contributed by atoms with Crippen molar-refractivity contribution in [2.75, 3.05) is 6.61 Å². The van der Waals surface area contributed by atoms with E-state index in [4.69, 9.17) is 4.74 Å². The zero-order valence-electron chi connectivity index (χ0n) is 12.2. The molecule has 10 nitrogen and oxygen atoms in total. The summed E-state index contributed by atoms with van der Waals surface area (Å²) < 4.78 is 20.9. The fourth-order valence-corrected chi connectivity index (χ4v) is 2.80. The van der Waals surface area contributed by atoms with Crippen LogP contribution in [0.5, 0.6) is 0 Å². The lowest BCUT2D eigenvalue weighted by Crippen LogP contribution is -2.47. The smallest absolute Gasteiger partial charge is 0.292 e. The Hall–Kier alpha value is -1.08. The number of phosphoric ester groups is 1. The van der Waals surface area contributed by atoms with Crippen LogP contribution in [0.1, 0.15) is 26.9 Å². The number of aliphatic hydroxyl groups is 2. The normalized spacial score (nSPS) is 26.6. The van der Waals surface area contributed by atoms with Gasteiger partial charge < -0.3 is 68.7 Å². The highest BCUT2D eigenvalue weighted by molar-refractivity contribution is 7.78. The highest BCUT2D eigenvalue weighted by Gasteiger charge is 2.48. The van der Waals surface area contributed by atoms with Crippen molar-refractivity contribution in [1.29, 1.82) is 0 Å². The Morgan fingerprint density at radius 3 is 2.16 bits per heavy atom. The van der Waals surface area contributed by atoms with Gasteiger partial charge in [-0.3, -0.25) is 0 Å². The predicted molar refractivity (Wildman–Crippen MR) is 79.5 cm³/mol. The van der Waals surface area contributed by atoms with Crippen molar-refractivity contribution in [1.82, 2.24) is 0 Å². The third kappa shape index (κ3) is 4.97. The summed E-state index contributed by atoms with van der Waals surface area (Å²) in [6, 6.07) is 1.17. The molecule has 1 aliphatic heterocycles. The summed E-state index contributed by atoms with van der Waals surface area (Å²) in [5.74, 6) is 0. The average Bonchev–Trinajstić information content (AvgIpc) is 2.79. The summed E-state index contributed by atoms with van der Waals surface area (Å²) in [6.07, 6.45) is -3.45. The molecule has 0 saturated carbocycles. The van der Waals surface area contributed by atoms with Gasteiger partial charge in [0.1, 0.15) is 12.2 Å². The monoisotopic (exact) mass is 408 g/mol.